The normalized spacial score (nSPS) is 11.7. The molecule has 11 heteroatoms. The van der Waals surface area contributed by atoms with Crippen LogP contribution in [0.2, 0.25) is 5.02 Å². The summed E-state index contributed by atoms with van der Waals surface area (Å²) >= 11 is 5.81. The standard InChI is InChI=1S/C16H15ClF3N3O3S/c1-27(25,26)23-12-4-2-3-10(7-12)9-21-15(24)22-14-8-11(16(18,19)20)5-6-13(14)17/h2-8,23H,9H2,1H3,(H2,21,22,24). The first-order chi connectivity index (χ1) is 12.4. The third-order valence-corrected chi connectivity index (χ3v) is 4.16. The lowest BCUT2D eigenvalue weighted by Crippen LogP contribution is -2.28. The van der Waals surface area contributed by atoms with E-state index in [1.165, 1.54) is 12.1 Å². The van der Waals surface area contributed by atoms with Gasteiger partial charge in [-0.2, -0.15) is 13.2 Å². The molecule has 2 aromatic carbocycles. The fourth-order valence-corrected chi connectivity index (χ4v) is 2.83. The minimum absolute atomic E-state index is 0.0156. The zero-order valence-electron chi connectivity index (χ0n) is 13.9. The van der Waals surface area contributed by atoms with E-state index in [-0.39, 0.29) is 17.3 Å². The van der Waals surface area contributed by atoms with E-state index in [0.717, 1.165) is 24.5 Å². The molecule has 0 radical (unpaired) electrons. The van der Waals surface area contributed by atoms with Crippen molar-refractivity contribution in [1.82, 2.24) is 5.32 Å². The van der Waals surface area contributed by atoms with E-state index in [2.05, 4.69) is 15.4 Å². The molecule has 0 aliphatic rings. The molecule has 3 N–H and O–H groups in total. The van der Waals surface area contributed by atoms with Crippen LogP contribution in [0.3, 0.4) is 0 Å². The molecule has 0 spiro atoms. The summed E-state index contributed by atoms with van der Waals surface area (Å²) in [6.45, 7) is 0.0156. The van der Waals surface area contributed by atoms with E-state index in [0.29, 0.717) is 11.3 Å². The van der Waals surface area contributed by atoms with Crippen LogP contribution in [-0.2, 0) is 22.7 Å². The van der Waals surface area contributed by atoms with Gasteiger partial charge in [-0.05, 0) is 35.9 Å². The van der Waals surface area contributed by atoms with Gasteiger partial charge in [-0.3, -0.25) is 4.72 Å². The maximum atomic E-state index is 12.7. The Morgan fingerprint density at radius 2 is 1.85 bits per heavy atom. The SMILES string of the molecule is CS(=O)(=O)Nc1cccc(CNC(=O)Nc2cc(C(F)(F)F)ccc2Cl)c1. The molecular weight excluding hydrogens is 407 g/mol. The molecular formula is C16H15ClF3N3O3S. The maximum absolute atomic E-state index is 12.7. The molecule has 0 atom stereocenters. The van der Waals surface area contributed by atoms with Crippen molar-refractivity contribution >= 4 is 39.0 Å². The molecule has 0 aliphatic carbocycles. The Labute approximate surface area is 158 Å². The Kier molecular flexibility index (Phi) is 6.22. The number of amides is 2. The fourth-order valence-electron chi connectivity index (χ4n) is 2.11. The zero-order valence-corrected chi connectivity index (χ0v) is 15.5. The topological polar surface area (TPSA) is 87.3 Å². The molecule has 2 amide bonds. The number of carbonyl (C=O) groups is 1. The Morgan fingerprint density at radius 1 is 1.15 bits per heavy atom. The summed E-state index contributed by atoms with van der Waals surface area (Å²) in [6, 6.07) is 8.10. The molecule has 0 heterocycles. The summed E-state index contributed by atoms with van der Waals surface area (Å²) in [5, 5.41) is 4.66. The molecule has 0 aromatic heterocycles. The Bertz CT molecular complexity index is 949. The minimum Gasteiger partial charge on any atom is -0.334 e. The second-order valence-corrected chi connectivity index (χ2v) is 7.73. The van der Waals surface area contributed by atoms with Gasteiger partial charge in [0.05, 0.1) is 22.5 Å². The molecule has 146 valence electrons. The highest BCUT2D eigenvalue weighted by molar-refractivity contribution is 7.92. The molecule has 2 aromatic rings. The van der Waals surface area contributed by atoms with Crippen molar-refractivity contribution in [1.29, 1.82) is 0 Å². The maximum Gasteiger partial charge on any atom is 0.416 e. The van der Waals surface area contributed by atoms with Gasteiger partial charge in [-0.25, -0.2) is 13.2 Å². The Hall–Kier alpha value is -2.46. The highest BCUT2D eigenvalue weighted by atomic mass is 35.5. The van der Waals surface area contributed by atoms with Gasteiger partial charge >= 0.3 is 12.2 Å². The van der Waals surface area contributed by atoms with E-state index in [4.69, 9.17) is 11.6 Å². The van der Waals surface area contributed by atoms with E-state index < -0.39 is 27.8 Å². The molecule has 0 aliphatic heterocycles. The van der Waals surface area contributed by atoms with Gasteiger partial charge in [0.2, 0.25) is 10.0 Å². The van der Waals surface area contributed by atoms with Crippen LogP contribution in [0, 0.1) is 0 Å². The fraction of sp³-hybridized carbons (Fsp3) is 0.188. The van der Waals surface area contributed by atoms with Crippen molar-refractivity contribution in [3.63, 3.8) is 0 Å². The first-order valence-corrected chi connectivity index (χ1v) is 9.69. The third kappa shape index (κ3) is 6.65. The van der Waals surface area contributed by atoms with Crippen molar-refractivity contribution in [2.24, 2.45) is 0 Å². The summed E-state index contributed by atoms with van der Waals surface area (Å²) in [5.74, 6) is 0. The Balaban J connectivity index is 2.02. The summed E-state index contributed by atoms with van der Waals surface area (Å²) in [5.41, 5.74) is -0.231. The molecule has 0 fully saturated rings. The van der Waals surface area contributed by atoms with E-state index in [1.807, 2.05) is 0 Å². The van der Waals surface area contributed by atoms with Crippen LogP contribution < -0.4 is 15.4 Å². The lowest BCUT2D eigenvalue weighted by atomic mass is 10.2. The van der Waals surface area contributed by atoms with Crippen molar-refractivity contribution in [3.05, 3.63) is 58.6 Å². The second-order valence-electron chi connectivity index (χ2n) is 5.57. The van der Waals surface area contributed by atoms with Crippen LogP contribution in [0.1, 0.15) is 11.1 Å². The summed E-state index contributed by atoms with van der Waals surface area (Å²) in [4.78, 5) is 11.9. The van der Waals surface area contributed by atoms with Crippen LogP contribution in [-0.4, -0.2) is 20.7 Å². The summed E-state index contributed by atoms with van der Waals surface area (Å²) in [6.07, 6.45) is -3.56. The molecule has 0 unspecified atom stereocenters. The van der Waals surface area contributed by atoms with Gasteiger partial charge in [0.1, 0.15) is 0 Å². The van der Waals surface area contributed by atoms with Crippen LogP contribution in [0.5, 0.6) is 0 Å². The second kappa shape index (κ2) is 8.05. The number of carbonyl (C=O) groups excluding carboxylic acids is 1. The summed E-state index contributed by atoms with van der Waals surface area (Å²) in [7, 11) is -3.44. The van der Waals surface area contributed by atoms with E-state index >= 15 is 0 Å². The molecule has 27 heavy (non-hydrogen) atoms. The lowest BCUT2D eigenvalue weighted by Gasteiger charge is -2.13. The monoisotopic (exact) mass is 421 g/mol. The average Bonchev–Trinajstić information content (AvgIpc) is 2.53. The van der Waals surface area contributed by atoms with E-state index in [1.54, 1.807) is 12.1 Å². The van der Waals surface area contributed by atoms with Gasteiger partial charge in [0.25, 0.3) is 0 Å². The highest BCUT2D eigenvalue weighted by Crippen LogP contribution is 2.33. The van der Waals surface area contributed by atoms with Crippen molar-refractivity contribution in [2.75, 3.05) is 16.3 Å². The van der Waals surface area contributed by atoms with Crippen molar-refractivity contribution < 1.29 is 26.4 Å². The van der Waals surface area contributed by atoms with Gasteiger partial charge < -0.3 is 10.6 Å². The number of sulfonamides is 1. The smallest absolute Gasteiger partial charge is 0.334 e. The largest absolute Gasteiger partial charge is 0.416 e. The zero-order chi connectivity index (χ0) is 20.2. The minimum atomic E-state index is -4.56. The number of benzene rings is 2. The lowest BCUT2D eigenvalue weighted by molar-refractivity contribution is -0.137. The predicted octanol–water partition coefficient (Wildman–Crippen LogP) is 4.05. The molecule has 0 saturated heterocycles. The molecule has 2 rings (SSSR count). The van der Waals surface area contributed by atoms with Crippen LogP contribution >= 0.6 is 11.6 Å². The number of hydrogen-bond acceptors (Lipinski definition) is 3. The van der Waals surface area contributed by atoms with Gasteiger partial charge in [0, 0.05) is 12.2 Å². The van der Waals surface area contributed by atoms with Crippen molar-refractivity contribution in [3.8, 4) is 0 Å². The van der Waals surface area contributed by atoms with Crippen LogP contribution in [0.25, 0.3) is 0 Å². The molecule has 0 saturated carbocycles. The number of halogens is 4. The quantitative estimate of drug-likeness (QED) is 0.680. The van der Waals surface area contributed by atoms with Crippen molar-refractivity contribution in [2.45, 2.75) is 12.7 Å². The van der Waals surface area contributed by atoms with Gasteiger partial charge in [-0.1, -0.05) is 23.7 Å². The first-order valence-electron chi connectivity index (χ1n) is 7.42. The number of anilines is 2. The Morgan fingerprint density at radius 3 is 2.48 bits per heavy atom. The van der Waals surface area contributed by atoms with Gasteiger partial charge in [0.15, 0.2) is 0 Å². The van der Waals surface area contributed by atoms with Gasteiger partial charge in [-0.15, -0.1) is 0 Å². The molecule has 0 bridgehead atoms. The van der Waals surface area contributed by atoms with Crippen LogP contribution in [0.15, 0.2) is 42.5 Å². The number of alkyl halides is 3. The number of nitrogens with one attached hydrogen (secondary N) is 3. The molecule has 6 nitrogen and oxygen atoms in total. The summed E-state index contributed by atoms with van der Waals surface area (Å²) < 4.78 is 63.0. The van der Waals surface area contributed by atoms with Crippen LogP contribution in [0.4, 0.5) is 29.3 Å². The number of rotatable bonds is 5. The predicted molar refractivity (Wildman–Crippen MR) is 97.2 cm³/mol. The number of urea groups is 1. The average molecular weight is 422 g/mol. The highest BCUT2D eigenvalue weighted by Gasteiger charge is 2.31. The van der Waals surface area contributed by atoms with E-state index in [9.17, 15) is 26.4 Å². The number of hydrogen-bond donors (Lipinski definition) is 3. The first kappa shape index (κ1) is 20.8. The third-order valence-electron chi connectivity index (χ3n) is 3.23.